The van der Waals surface area contributed by atoms with E-state index in [1.807, 2.05) is 117 Å². The molecule has 0 radical (unpaired) electrons. The Morgan fingerprint density at radius 2 is 1.08 bits per heavy atom. The molecule has 2 heterocycles. The molecular formula is C40H39N3O6. The zero-order valence-corrected chi connectivity index (χ0v) is 28.5. The summed E-state index contributed by atoms with van der Waals surface area (Å²) in [4.78, 5) is 48.3. The number of carbonyl (C=O) groups excluding carboxylic acids is 3. The van der Waals surface area contributed by atoms with Crippen molar-refractivity contribution in [3.63, 3.8) is 0 Å². The normalized spacial score (nSPS) is 15.8. The van der Waals surface area contributed by atoms with E-state index in [0.717, 1.165) is 33.6 Å². The minimum atomic E-state index is -1.61. The summed E-state index contributed by atoms with van der Waals surface area (Å²) in [7, 11) is 3.87. The van der Waals surface area contributed by atoms with Gasteiger partial charge in [-0.15, -0.1) is 0 Å². The van der Waals surface area contributed by atoms with Gasteiger partial charge in [-0.3, -0.25) is 0 Å². The first kappa shape index (κ1) is 33.1. The average molecular weight is 658 g/mol. The first-order valence-corrected chi connectivity index (χ1v) is 16.0. The fraction of sp³-hybridized carbons (Fsp3) is 0.225. The summed E-state index contributed by atoms with van der Waals surface area (Å²) in [5.41, 5.74) is 5.13. The summed E-state index contributed by atoms with van der Waals surface area (Å²) in [5, 5.41) is 0. The molecule has 2 aliphatic rings. The van der Waals surface area contributed by atoms with Gasteiger partial charge < -0.3 is 28.9 Å². The molecule has 9 heteroatoms. The Hall–Kier alpha value is -5.83. The van der Waals surface area contributed by atoms with Gasteiger partial charge in [0.05, 0.1) is 44.0 Å². The lowest BCUT2D eigenvalue weighted by molar-refractivity contribution is -0.139. The Morgan fingerprint density at radius 3 is 1.53 bits per heavy atom. The van der Waals surface area contributed by atoms with Crippen LogP contribution in [0.4, 0.5) is 17.1 Å². The predicted molar refractivity (Wildman–Crippen MR) is 189 cm³/mol. The fourth-order valence-electron chi connectivity index (χ4n) is 6.90. The molecule has 6 rings (SSSR count). The second kappa shape index (κ2) is 13.4. The highest BCUT2D eigenvalue weighted by Gasteiger charge is 2.66. The minimum absolute atomic E-state index is 0.0133. The summed E-state index contributed by atoms with van der Waals surface area (Å²) in [5.74, 6) is -2.13. The zero-order valence-electron chi connectivity index (χ0n) is 28.5. The Labute approximate surface area is 286 Å². The third-order valence-electron chi connectivity index (χ3n) is 9.16. The summed E-state index contributed by atoms with van der Waals surface area (Å²) in [6, 6.07) is 33.3. The van der Waals surface area contributed by atoms with E-state index in [4.69, 9.17) is 14.2 Å². The van der Waals surface area contributed by atoms with Crippen molar-refractivity contribution in [1.82, 2.24) is 0 Å². The van der Waals surface area contributed by atoms with Gasteiger partial charge in [0, 0.05) is 18.8 Å². The number of aryl methyl sites for hydroxylation is 2. The monoisotopic (exact) mass is 657 g/mol. The second-order valence-electron chi connectivity index (χ2n) is 12.1. The highest BCUT2D eigenvalue weighted by atomic mass is 16.5. The van der Waals surface area contributed by atoms with Crippen LogP contribution in [-0.2, 0) is 41.7 Å². The SMILES string of the molecule is COC(=O)C1=C(C(=O)OC)C2(/C(=C(/C)C(=O)OC)N1c1ccccc1)N(Cc1ccc(C)cc1)c1ccccc1N2Cc1ccc(C)cc1. The Balaban J connectivity index is 1.80. The molecule has 0 saturated carbocycles. The molecule has 250 valence electrons. The predicted octanol–water partition coefficient (Wildman–Crippen LogP) is 6.59. The van der Waals surface area contributed by atoms with Crippen molar-refractivity contribution in [2.45, 2.75) is 39.5 Å². The van der Waals surface area contributed by atoms with Crippen molar-refractivity contribution in [2.24, 2.45) is 0 Å². The van der Waals surface area contributed by atoms with Gasteiger partial charge in [0.25, 0.3) is 0 Å². The van der Waals surface area contributed by atoms with Crippen molar-refractivity contribution in [3.8, 4) is 0 Å². The maximum absolute atomic E-state index is 14.5. The molecule has 0 aromatic heterocycles. The van der Waals surface area contributed by atoms with Crippen LogP contribution in [0.5, 0.6) is 0 Å². The van der Waals surface area contributed by atoms with E-state index >= 15 is 0 Å². The van der Waals surface area contributed by atoms with E-state index in [-0.39, 0.29) is 16.8 Å². The maximum Gasteiger partial charge on any atom is 0.355 e. The van der Waals surface area contributed by atoms with E-state index in [2.05, 4.69) is 9.80 Å². The van der Waals surface area contributed by atoms with Crippen LogP contribution in [0.25, 0.3) is 0 Å². The highest BCUT2D eigenvalue weighted by Crippen LogP contribution is 2.59. The van der Waals surface area contributed by atoms with Gasteiger partial charge in [0.1, 0.15) is 11.3 Å². The molecule has 0 fully saturated rings. The lowest BCUT2D eigenvalue weighted by Crippen LogP contribution is -2.61. The molecule has 0 saturated heterocycles. The smallest absolute Gasteiger partial charge is 0.355 e. The van der Waals surface area contributed by atoms with Gasteiger partial charge in [0.2, 0.25) is 0 Å². The number of carbonyl (C=O) groups is 3. The number of methoxy groups -OCH3 is 3. The van der Waals surface area contributed by atoms with Crippen LogP contribution in [0.3, 0.4) is 0 Å². The number of rotatable bonds is 8. The summed E-state index contributed by atoms with van der Waals surface area (Å²) >= 11 is 0. The molecule has 9 nitrogen and oxygen atoms in total. The number of esters is 3. The third kappa shape index (κ3) is 5.51. The van der Waals surface area contributed by atoms with Gasteiger partial charge in [0.15, 0.2) is 5.66 Å². The fourth-order valence-corrected chi connectivity index (χ4v) is 6.90. The van der Waals surface area contributed by atoms with E-state index in [9.17, 15) is 14.4 Å². The lowest BCUT2D eigenvalue weighted by Gasteiger charge is -2.46. The van der Waals surface area contributed by atoms with Crippen LogP contribution in [0, 0.1) is 13.8 Å². The number of hydrogen-bond acceptors (Lipinski definition) is 9. The van der Waals surface area contributed by atoms with Crippen LogP contribution >= 0.6 is 0 Å². The highest BCUT2D eigenvalue weighted by molar-refractivity contribution is 6.12. The second-order valence-corrected chi connectivity index (χ2v) is 12.1. The third-order valence-corrected chi connectivity index (χ3v) is 9.16. The van der Waals surface area contributed by atoms with Crippen LogP contribution in [0.15, 0.2) is 126 Å². The Morgan fingerprint density at radius 1 is 0.612 bits per heavy atom. The molecule has 4 aromatic carbocycles. The minimum Gasteiger partial charge on any atom is -0.466 e. The summed E-state index contributed by atoms with van der Waals surface area (Å²) < 4.78 is 16.3. The lowest BCUT2D eigenvalue weighted by atomic mass is 9.90. The van der Waals surface area contributed by atoms with Crippen LogP contribution in [-0.4, -0.2) is 44.9 Å². The summed E-state index contributed by atoms with van der Waals surface area (Å²) in [6.07, 6.45) is 0. The Kier molecular flexibility index (Phi) is 9.01. The molecular weight excluding hydrogens is 618 g/mol. The summed E-state index contributed by atoms with van der Waals surface area (Å²) in [6.45, 7) is 6.31. The van der Waals surface area contributed by atoms with Crippen molar-refractivity contribution >= 4 is 35.0 Å². The number of fused-ring (bicyclic) bond motifs is 1. The molecule has 0 bridgehead atoms. The Bertz CT molecular complexity index is 1890. The molecule has 1 spiro atoms. The van der Waals surface area contributed by atoms with Crippen molar-refractivity contribution in [2.75, 3.05) is 36.0 Å². The molecule has 2 aliphatic heterocycles. The zero-order chi connectivity index (χ0) is 34.9. The van der Waals surface area contributed by atoms with E-state index < -0.39 is 23.6 Å². The quantitative estimate of drug-likeness (QED) is 0.118. The number of hydrogen-bond donors (Lipinski definition) is 0. The van der Waals surface area contributed by atoms with Crippen molar-refractivity contribution in [3.05, 3.63) is 148 Å². The molecule has 0 unspecified atom stereocenters. The number of benzene rings is 4. The van der Waals surface area contributed by atoms with Gasteiger partial charge in [-0.25, -0.2) is 14.4 Å². The average Bonchev–Trinajstić information content (AvgIpc) is 3.58. The standard InChI is InChI=1S/C40H39N3O6/c1-26-16-20-29(21-17-26)24-41-32-14-10-11-15-33(32)42(25-30-22-18-27(2)19-23-30)40(41)34(38(45)48-5)35(39(46)49-6)43(31-12-8-7-9-13-31)36(40)28(3)37(44)47-4/h7-23H,24-25H2,1-6H3/b36-28+. The molecule has 0 aliphatic carbocycles. The van der Waals surface area contributed by atoms with Gasteiger partial charge in [-0.2, -0.15) is 0 Å². The maximum atomic E-state index is 14.5. The first-order chi connectivity index (χ1) is 23.7. The van der Waals surface area contributed by atoms with Crippen molar-refractivity contribution in [1.29, 1.82) is 0 Å². The van der Waals surface area contributed by atoms with Crippen LogP contribution < -0.4 is 14.7 Å². The number of para-hydroxylation sites is 3. The molecule has 4 aromatic rings. The molecule has 49 heavy (non-hydrogen) atoms. The van der Waals surface area contributed by atoms with E-state index in [1.54, 1.807) is 11.8 Å². The number of ether oxygens (including phenoxy) is 3. The topological polar surface area (TPSA) is 88.6 Å². The molecule has 0 N–H and O–H groups in total. The molecule has 0 atom stereocenters. The first-order valence-electron chi connectivity index (χ1n) is 16.0. The van der Waals surface area contributed by atoms with Gasteiger partial charge >= 0.3 is 17.9 Å². The number of nitrogens with zero attached hydrogens (tertiary/aromatic N) is 3. The van der Waals surface area contributed by atoms with E-state index in [0.29, 0.717) is 24.5 Å². The largest absolute Gasteiger partial charge is 0.466 e. The molecule has 0 amide bonds. The van der Waals surface area contributed by atoms with Gasteiger partial charge in [-0.05, 0) is 56.2 Å². The number of anilines is 3. The van der Waals surface area contributed by atoms with E-state index in [1.165, 1.54) is 21.3 Å². The van der Waals surface area contributed by atoms with Crippen molar-refractivity contribution < 1.29 is 28.6 Å². The van der Waals surface area contributed by atoms with Crippen LogP contribution in [0.1, 0.15) is 29.2 Å². The van der Waals surface area contributed by atoms with Gasteiger partial charge in [-0.1, -0.05) is 90.0 Å². The van der Waals surface area contributed by atoms with Crippen LogP contribution in [0.2, 0.25) is 0 Å².